The third-order valence-electron chi connectivity index (χ3n) is 5.22. The highest BCUT2D eigenvalue weighted by atomic mass is 32.1. The van der Waals surface area contributed by atoms with Crippen molar-refractivity contribution in [1.29, 1.82) is 0 Å². The van der Waals surface area contributed by atoms with Gasteiger partial charge in [0.2, 0.25) is 0 Å². The number of carbonyl (C=O) groups is 1. The fourth-order valence-corrected chi connectivity index (χ4v) is 4.05. The van der Waals surface area contributed by atoms with Crippen molar-refractivity contribution in [2.24, 2.45) is 0 Å². The first kappa shape index (κ1) is 23.2. The standard InChI is InChI=1S/C21H23F3N2O4S/c1-11-15(26-17(31-11)12-7-6-8-13(9-12)21(22,23)24)14-16(29-10-25-5)20(4,28)19(2,3)30-18(14)27/h6-9,25,28H,10H2,1-5H3. The van der Waals surface area contributed by atoms with Crippen molar-refractivity contribution in [2.45, 2.75) is 45.1 Å². The molecule has 2 heterocycles. The van der Waals surface area contributed by atoms with Crippen LogP contribution >= 0.6 is 11.3 Å². The molecule has 0 saturated carbocycles. The molecule has 1 aromatic carbocycles. The lowest BCUT2D eigenvalue weighted by atomic mass is 9.81. The van der Waals surface area contributed by atoms with Gasteiger partial charge in [-0.05, 0) is 46.9 Å². The first-order valence-electron chi connectivity index (χ1n) is 9.43. The van der Waals surface area contributed by atoms with Gasteiger partial charge in [0.15, 0.2) is 11.4 Å². The fraction of sp³-hybridized carbons (Fsp3) is 0.429. The predicted molar refractivity (Wildman–Crippen MR) is 110 cm³/mol. The van der Waals surface area contributed by atoms with Crippen LogP contribution in [0.25, 0.3) is 16.1 Å². The summed E-state index contributed by atoms with van der Waals surface area (Å²) in [6, 6.07) is 4.81. The molecular weight excluding hydrogens is 433 g/mol. The topological polar surface area (TPSA) is 80.7 Å². The zero-order chi connectivity index (χ0) is 23.2. The second-order valence-electron chi connectivity index (χ2n) is 7.82. The van der Waals surface area contributed by atoms with Crippen LogP contribution in [0.15, 0.2) is 30.0 Å². The minimum atomic E-state index is -4.49. The smallest absolute Gasteiger partial charge is 0.416 e. The third kappa shape index (κ3) is 4.19. The van der Waals surface area contributed by atoms with Gasteiger partial charge in [0.25, 0.3) is 0 Å². The van der Waals surface area contributed by atoms with Gasteiger partial charge in [-0.25, -0.2) is 9.78 Å². The summed E-state index contributed by atoms with van der Waals surface area (Å²) in [5, 5.41) is 14.2. The van der Waals surface area contributed by atoms with Crippen molar-refractivity contribution >= 4 is 22.9 Å². The molecule has 2 aromatic rings. The maximum Gasteiger partial charge on any atom is 0.416 e. The number of nitrogens with zero attached hydrogens (tertiary/aromatic N) is 1. The van der Waals surface area contributed by atoms with Crippen molar-refractivity contribution in [1.82, 2.24) is 10.3 Å². The van der Waals surface area contributed by atoms with Gasteiger partial charge in [0.1, 0.15) is 22.9 Å². The Morgan fingerprint density at radius 1 is 1.29 bits per heavy atom. The van der Waals surface area contributed by atoms with E-state index in [9.17, 15) is 23.1 Å². The fourth-order valence-electron chi connectivity index (χ4n) is 3.13. The molecule has 3 rings (SSSR count). The second-order valence-corrected chi connectivity index (χ2v) is 9.02. The lowest BCUT2D eigenvalue weighted by Crippen LogP contribution is -2.56. The molecule has 0 spiro atoms. The average Bonchev–Trinajstić information content (AvgIpc) is 3.04. The largest absolute Gasteiger partial charge is 0.479 e. The van der Waals surface area contributed by atoms with Gasteiger partial charge >= 0.3 is 12.1 Å². The maximum absolute atomic E-state index is 13.1. The molecule has 0 saturated heterocycles. The van der Waals surface area contributed by atoms with Crippen LogP contribution in [0.4, 0.5) is 13.2 Å². The van der Waals surface area contributed by atoms with E-state index >= 15 is 0 Å². The van der Waals surface area contributed by atoms with Gasteiger partial charge in [0.05, 0.1) is 11.3 Å². The molecule has 0 amide bonds. The highest BCUT2D eigenvalue weighted by Crippen LogP contribution is 2.44. The molecule has 0 bridgehead atoms. The van der Waals surface area contributed by atoms with E-state index < -0.39 is 28.9 Å². The molecule has 1 aliphatic heterocycles. The van der Waals surface area contributed by atoms with Crippen molar-refractivity contribution in [3.8, 4) is 10.6 Å². The molecule has 1 atom stereocenters. The molecular formula is C21H23F3N2O4S. The molecule has 0 radical (unpaired) electrons. The number of thiazole rings is 1. The zero-order valence-electron chi connectivity index (χ0n) is 17.7. The van der Waals surface area contributed by atoms with Crippen molar-refractivity contribution in [3.63, 3.8) is 0 Å². The number of aromatic nitrogens is 1. The Kier molecular flexibility index (Phi) is 5.94. The molecule has 1 unspecified atom stereocenters. The van der Waals surface area contributed by atoms with Crippen LogP contribution in [0.2, 0.25) is 0 Å². The van der Waals surface area contributed by atoms with Gasteiger partial charge in [-0.15, -0.1) is 11.3 Å². The highest BCUT2D eigenvalue weighted by Gasteiger charge is 2.54. The number of alkyl halides is 3. The predicted octanol–water partition coefficient (Wildman–Crippen LogP) is 4.13. The minimum Gasteiger partial charge on any atom is -0.479 e. The Bertz CT molecular complexity index is 1040. The number of aliphatic hydroxyl groups is 1. The maximum atomic E-state index is 13.1. The number of carbonyl (C=O) groups excluding carboxylic acids is 1. The third-order valence-corrected chi connectivity index (χ3v) is 6.24. The van der Waals surface area contributed by atoms with E-state index in [2.05, 4.69) is 10.3 Å². The van der Waals surface area contributed by atoms with Crippen LogP contribution < -0.4 is 5.32 Å². The van der Waals surface area contributed by atoms with E-state index in [1.165, 1.54) is 19.1 Å². The van der Waals surface area contributed by atoms with E-state index in [4.69, 9.17) is 9.47 Å². The van der Waals surface area contributed by atoms with E-state index in [1.54, 1.807) is 27.8 Å². The normalized spacial score (nSPS) is 21.3. The number of rotatable bonds is 5. The molecule has 6 nitrogen and oxygen atoms in total. The number of aryl methyl sites for hydroxylation is 1. The SMILES string of the molecule is CNCOC1=C(c2nc(-c3cccc(C(F)(F)F)c3)sc2C)C(=O)OC(C)(C)C1(C)O. The number of benzene rings is 1. The van der Waals surface area contributed by atoms with Crippen molar-refractivity contribution < 1.29 is 32.5 Å². The van der Waals surface area contributed by atoms with Crippen LogP contribution in [0.1, 0.15) is 36.9 Å². The number of hydrogen-bond acceptors (Lipinski definition) is 7. The summed E-state index contributed by atoms with van der Waals surface area (Å²) in [7, 11) is 1.64. The van der Waals surface area contributed by atoms with Crippen LogP contribution in [0.5, 0.6) is 0 Å². The Hall–Kier alpha value is -2.43. The van der Waals surface area contributed by atoms with Gasteiger partial charge < -0.3 is 14.6 Å². The van der Waals surface area contributed by atoms with E-state index in [0.717, 1.165) is 23.5 Å². The monoisotopic (exact) mass is 456 g/mol. The molecule has 1 aliphatic rings. The summed E-state index contributed by atoms with van der Waals surface area (Å²) >= 11 is 1.14. The van der Waals surface area contributed by atoms with Crippen LogP contribution in [0.3, 0.4) is 0 Å². The number of hydrogen-bond donors (Lipinski definition) is 2. The summed E-state index contributed by atoms with van der Waals surface area (Å²) in [5.41, 5.74) is -3.32. The summed E-state index contributed by atoms with van der Waals surface area (Å²) < 4.78 is 50.5. The summed E-state index contributed by atoms with van der Waals surface area (Å²) in [5.74, 6) is -0.737. The Balaban J connectivity index is 2.17. The number of halogens is 3. The molecule has 10 heteroatoms. The van der Waals surface area contributed by atoms with Gasteiger partial charge in [-0.2, -0.15) is 13.2 Å². The van der Waals surface area contributed by atoms with Crippen molar-refractivity contribution in [3.05, 3.63) is 46.2 Å². The van der Waals surface area contributed by atoms with Crippen LogP contribution in [-0.4, -0.2) is 41.0 Å². The van der Waals surface area contributed by atoms with E-state index in [0.29, 0.717) is 9.88 Å². The first-order valence-corrected chi connectivity index (χ1v) is 10.2. The van der Waals surface area contributed by atoms with Gasteiger partial charge in [-0.3, -0.25) is 5.32 Å². The van der Waals surface area contributed by atoms with Crippen molar-refractivity contribution in [2.75, 3.05) is 13.8 Å². The number of esters is 1. The van der Waals surface area contributed by atoms with Gasteiger partial charge in [0, 0.05) is 10.4 Å². The number of cyclic esters (lactones) is 1. The van der Waals surface area contributed by atoms with Crippen LogP contribution in [-0.2, 0) is 20.4 Å². The first-order chi connectivity index (χ1) is 14.3. The molecule has 0 aliphatic carbocycles. The Morgan fingerprint density at radius 3 is 2.58 bits per heavy atom. The molecule has 168 valence electrons. The van der Waals surface area contributed by atoms with Crippen LogP contribution in [0, 0.1) is 6.92 Å². The lowest BCUT2D eigenvalue weighted by molar-refractivity contribution is -0.183. The molecule has 31 heavy (non-hydrogen) atoms. The van der Waals surface area contributed by atoms with E-state index in [-0.39, 0.29) is 29.3 Å². The van der Waals surface area contributed by atoms with Gasteiger partial charge in [-0.1, -0.05) is 12.1 Å². The lowest BCUT2D eigenvalue weighted by Gasteiger charge is -2.44. The molecule has 0 fully saturated rings. The summed E-state index contributed by atoms with van der Waals surface area (Å²) in [6.07, 6.45) is -4.49. The summed E-state index contributed by atoms with van der Waals surface area (Å²) in [6.45, 7) is 6.30. The minimum absolute atomic E-state index is 0.00732. The Morgan fingerprint density at radius 2 is 1.97 bits per heavy atom. The zero-order valence-corrected chi connectivity index (χ0v) is 18.5. The highest BCUT2D eigenvalue weighted by molar-refractivity contribution is 7.15. The summed E-state index contributed by atoms with van der Waals surface area (Å²) in [4.78, 5) is 17.9. The average molecular weight is 456 g/mol. The quantitative estimate of drug-likeness (QED) is 0.520. The van der Waals surface area contributed by atoms with E-state index in [1.807, 2.05) is 0 Å². The number of ether oxygens (including phenoxy) is 2. The Labute approximate surface area is 181 Å². The second kappa shape index (κ2) is 7.92. The molecule has 2 N–H and O–H groups in total. The molecule has 1 aromatic heterocycles. The number of nitrogens with one attached hydrogen (secondary N) is 1.